The zero-order chi connectivity index (χ0) is 14.8. The van der Waals surface area contributed by atoms with Gasteiger partial charge in [-0.1, -0.05) is 19.1 Å². The standard InChI is InChI=1S/C16H19N5/c1-4-12-9-15(18-11-17-12)20(2)10-16-19-13-7-5-6-8-14(13)21(16)3/h5-9,11H,4,10H2,1-3H3. The van der Waals surface area contributed by atoms with E-state index >= 15 is 0 Å². The smallest absolute Gasteiger partial charge is 0.132 e. The third kappa shape index (κ3) is 2.59. The maximum atomic E-state index is 4.70. The quantitative estimate of drug-likeness (QED) is 0.737. The molecule has 1 aromatic carbocycles. The van der Waals surface area contributed by atoms with Crippen molar-refractivity contribution in [1.82, 2.24) is 19.5 Å². The van der Waals surface area contributed by atoms with E-state index in [1.807, 2.05) is 31.3 Å². The zero-order valence-electron chi connectivity index (χ0n) is 12.6. The van der Waals surface area contributed by atoms with Crippen molar-refractivity contribution < 1.29 is 0 Å². The molecule has 0 bridgehead atoms. The Kier molecular flexibility index (Phi) is 3.56. The second-order valence-corrected chi connectivity index (χ2v) is 5.15. The molecule has 21 heavy (non-hydrogen) atoms. The normalized spacial score (nSPS) is 11.0. The lowest BCUT2D eigenvalue weighted by Crippen LogP contribution is -2.20. The number of aromatic nitrogens is 4. The third-order valence-corrected chi connectivity index (χ3v) is 3.72. The monoisotopic (exact) mass is 281 g/mol. The number of fused-ring (bicyclic) bond motifs is 1. The van der Waals surface area contributed by atoms with E-state index in [0.717, 1.165) is 34.8 Å². The molecule has 0 atom stereocenters. The van der Waals surface area contributed by atoms with Gasteiger partial charge in [0.25, 0.3) is 0 Å². The van der Waals surface area contributed by atoms with Crippen LogP contribution in [0.15, 0.2) is 36.7 Å². The molecule has 0 aliphatic heterocycles. The van der Waals surface area contributed by atoms with Gasteiger partial charge in [0.05, 0.1) is 17.6 Å². The first kappa shape index (κ1) is 13.5. The molecule has 2 heterocycles. The van der Waals surface area contributed by atoms with Crippen LogP contribution in [0.3, 0.4) is 0 Å². The van der Waals surface area contributed by atoms with Crippen LogP contribution in [0, 0.1) is 0 Å². The SMILES string of the molecule is CCc1cc(N(C)Cc2nc3ccccc3n2C)ncn1. The summed E-state index contributed by atoms with van der Waals surface area (Å²) in [5, 5.41) is 0. The number of anilines is 1. The molecule has 0 aliphatic carbocycles. The number of rotatable bonds is 4. The largest absolute Gasteiger partial charge is 0.352 e. The fourth-order valence-electron chi connectivity index (χ4n) is 2.42. The Morgan fingerprint density at radius 2 is 2.00 bits per heavy atom. The molecule has 0 saturated heterocycles. The van der Waals surface area contributed by atoms with Crippen molar-refractivity contribution >= 4 is 16.9 Å². The van der Waals surface area contributed by atoms with Crippen LogP contribution in [0.2, 0.25) is 0 Å². The maximum absolute atomic E-state index is 4.70. The van der Waals surface area contributed by atoms with Gasteiger partial charge in [0.2, 0.25) is 0 Å². The molecule has 2 aromatic heterocycles. The van der Waals surface area contributed by atoms with Crippen molar-refractivity contribution in [3.05, 3.63) is 48.2 Å². The molecule has 108 valence electrons. The number of hydrogen-bond acceptors (Lipinski definition) is 4. The van der Waals surface area contributed by atoms with Gasteiger partial charge in [-0.3, -0.25) is 0 Å². The van der Waals surface area contributed by atoms with Crippen molar-refractivity contribution in [3.8, 4) is 0 Å². The van der Waals surface area contributed by atoms with Gasteiger partial charge in [-0.25, -0.2) is 15.0 Å². The van der Waals surface area contributed by atoms with Crippen LogP contribution in [0.25, 0.3) is 11.0 Å². The highest BCUT2D eigenvalue weighted by Crippen LogP contribution is 2.17. The highest BCUT2D eigenvalue weighted by atomic mass is 15.2. The summed E-state index contributed by atoms with van der Waals surface area (Å²) in [5.41, 5.74) is 3.23. The summed E-state index contributed by atoms with van der Waals surface area (Å²) in [6, 6.07) is 10.2. The molecule has 0 spiro atoms. The van der Waals surface area contributed by atoms with Crippen molar-refractivity contribution in [2.75, 3.05) is 11.9 Å². The average Bonchev–Trinajstić information content (AvgIpc) is 2.84. The third-order valence-electron chi connectivity index (χ3n) is 3.72. The van der Waals surface area contributed by atoms with Crippen LogP contribution < -0.4 is 4.90 Å². The number of para-hydroxylation sites is 2. The second-order valence-electron chi connectivity index (χ2n) is 5.15. The summed E-state index contributed by atoms with van der Waals surface area (Å²) in [5.74, 6) is 1.95. The Morgan fingerprint density at radius 3 is 2.76 bits per heavy atom. The van der Waals surface area contributed by atoms with Crippen LogP contribution in [-0.4, -0.2) is 26.6 Å². The molecular weight excluding hydrogens is 262 g/mol. The van der Waals surface area contributed by atoms with Gasteiger partial charge < -0.3 is 9.47 Å². The van der Waals surface area contributed by atoms with E-state index < -0.39 is 0 Å². The lowest BCUT2D eigenvalue weighted by atomic mass is 10.3. The Balaban J connectivity index is 1.88. The molecule has 0 fully saturated rings. The van der Waals surface area contributed by atoms with Crippen LogP contribution in [0.5, 0.6) is 0 Å². The summed E-state index contributed by atoms with van der Waals surface area (Å²) in [7, 11) is 4.08. The van der Waals surface area contributed by atoms with Gasteiger partial charge in [-0.05, 0) is 18.6 Å². The fraction of sp³-hybridized carbons (Fsp3) is 0.312. The number of nitrogens with zero attached hydrogens (tertiary/aromatic N) is 5. The Bertz CT molecular complexity index is 762. The van der Waals surface area contributed by atoms with E-state index in [1.165, 1.54) is 0 Å². The molecule has 0 amide bonds. The molecule has 5 heteroatoms. The van der Waals surface area contributed by atoms with Crippen molar-refractivity contribution in [2.24, 2.45) is 7.05 Å². The van der Waals surface area contributed by atoms with E-state index in [9.17, 15) is 0 Å². The van der Waals surface area contributed by atoms with Crippen LogP contribution in [0.4, 0.5) is 5.82 Å². The molecule has 3 aromatic rings. The Labute approximate surface area is 124 Å². The van der Waals surface area contributed by atoms with E-state index in [2.05, 4.69) is 39.5 Å². The zero-order valence-corrected chi connectivity index (χ0v) is 12.6. The molecule has 3 rings (SSSR count). The number of imidazole rings is 1. The van der Waals surface area contributed by atoms with Crippen molar-refractivity contribution in [1.29, 1.82) is 0 Å². The molecule has 0 aliphatic rings. The summed E-state index contributed by atoms with van der Waals surface area (Å²) in [6.07, 6.45) is 2.54. The fourth-order valence-corrected chi connectivity index (χ4v) is 2.42. The summed E-state index contributed by atoms with van der Waals surface area (Å²) >= 11 is 0. The van der Waals surface area contributed by atoms with Gasteiger partial charge in [0.15, 0.2) is 0 Å². The van der Waals surface area contributed by atoms with Crippen LogP contribution >= 0.6 is 0 Å². The Hall–Kier alpha value is -2.43. The number of benzene rings is 1. The predicted octanol–water partition coefficient (Wildman–Crippen LogP) is 2.56. The molecule has 5 nitrogen and oxygen atoms in total. The number of aryl methyl sites for hydroxylation is 2. The number of hydrogen-bond donors (Lipinski definition) is 0. The highest BCUT2D eigenvalue weighted by molar-refractivity contribution is 5.75. The van der Waals surface area contributed by atoms with Crippen molar-refractivity contribution in [2.45, 2.75) is 19.9 Å². The molecular formula is C16H19N5. The first-order chi connectivity index (χ1) is 10.2. The van der Waals surface area contributed by atoms with Crippen molar-refractivity contribution in [3.63, 3.8) is 0 Å². The van der Waals surface area contributed by atoms with Gasteiger partial charge in [0.1, 0.15) is 18.0 Å². The molecule has 0 radical (unpaired) electrons. The van der Waals surface area contributed by atoms with Gasteiger partial charge >= 0.3 is 0 Å². The van der Waals surface area contributed by atoms with Gasteiger partial charge in [0, 0.05) is 25.9 Å². The molecule has 0 unspecified atom stereocenters. The first-order valence-electron chi connectivity index (χ1n) is 7.11. The van der Waals surface area contributed by atoms with Crippen LogP contribution in [-0.2, 0) is 20.0 Å². The average molecular weight is 281 g/mol. The topological polar surface area (TPSA) is 46.8 Å². The second kappa shape index (κ2) is 5.52. The van der Waals surface area contributed by atoms with E-state index in [4.69, 9.17) is 4.98 Å². The predicted molar refractivity (Wildman–Crippen MR) is 84.2 cm³/mol. The minimum Gasteiger partial charge on any atom is -0.352 e. The maximum Gasteiger partial charge on any atom is 0.132 e. The minimum absolute atomic E-state index is 0.714. The minimum atomic E-state index is 0.714. The molecule has 0 N–H and O–H groups in total. The first-order valence-corrected chi connectivity index (χ1v) is 7.11. The summed E-state index contributed by atoms with van der Waals surface area (Å²) in [6.45, 7) is 2.81. The van der Waals surface area contributed by atoms with Crippen LogP contribution in [0.1, 0.15) is 18.4 Å². The summed E-state index contributed by atoms with van der Waals surface area (Å²) in [4.78, 5) is 15.4. The molecule has 0 saturated carbocycles. The highest BCUT2D eigenvalue weighted by Gasteiger charge is 2.11. The van der Waals surface area contributed by atoms with E-state index in [0.29, 0.717) is 6.54 Å². The Morgan fingerprint density at radius 1 is 1.19 bits per heavy atom. The van der Waals surface area contributed by atoms with E-state index in [1.54, 1.807) is 6.33 Å². The lowest BCUT2D eigenvalue weighted by molar-refractivity contribution is 0.765. The summed E-state index contributed by atoms with van der Waals surface area (Å²) < 4.78 is 2.13. The van der Waals surface area contributed by atoms with E-state index in [-0.39, 0.29) is 0 Å². The lowest BCUT2D eigenvalue weighted by Gasteiger charge is -2.18. The van der Waals surface area contributed by atoms with Gasteiger partial charge in [-0.2, -0.15) is 0 Å². The van der Waals surface area contributed by atoms with Gasteiger partial charge in [-0.15, -0.1) is 0 Å².